The fraction of sp³-hybridized carbons (Fsp3) is 0.432. The molecular formula is C74H90Cl8F8O14S7. The van der Waals surface area contributed by atoms with Crippen LogP contribution in [0.4, 0.5) is 35.1 Å². The van der Waals surface area contributed by atoms with Gasteiger partial charge in [-0.3, -0.25) is 0 Å². The molecular weight excluding hydrogens is 1770 g/mol. The van der Waals surface area contributed by atoms with Crippen LogP contribution in [-0.2, 0) is 81.2 Å². The van der Waals surface area contributed by atoms with Crippen molar-refractivity contribution in [3.8, 4) is 0 Å². The van der Waals surface area contributed by atoms with Gasteiger partial charge < -0.3 is 0 Å². The first-order valence-electron chi connectivity index (χ1n) is 32.9. The number of benzene rings is 7. The number of alkyl halides is 6. The normalized spacial score (nSPS) is 12.5. The second-order valence-electron chi connectivity index (χ2n) is 27.7. The van der Waals surface area contributed by atoms with Crippen molar-refractivity contribution in [1.29, 1.82) is 0 Å². The molecule has 0 radical (unpaired) electrons. The topological polar surface area (TPSA) is 239 Å². The molecule has 14 nitrogen and oxygen atoms in total. The third kappa shape index (κ3) is 29.8. The zero-order valence-corrected chi connectivity index (χ0v) is 76.5. The molecule has 0 fully saturated rings. The highest BCUT2D eigenvalue weighted by Gasteiger charge is 2.42. The van der Waals surface area contributed by atoms with Gasteiger partial charge in [0, 0.05) is 53.8 Å². The van der Waals surface area contributed by atoms with E-state index in [1.54, 1.807) is 63.2 Å². The van der Waals surface area contributed by atoms with E-state index in [2.05, 4.69) is 0 Å². The Kier molecular flexibility index (Phi) is 38.7. The minimum atomic E-state index is -5.05. The van der Waals surface area contributed by atoms with E-state index in [4.69, 9.17) is 92.8 Å². The molecule has 111 heavy (non-hydrogen) atoms. The van der Waals surface area contributed by atoms with Crippen LogP contribution < -0.4 is 0 Å². The molecule has 7 rings (SSSR count). The largest absolute Gasteiger partial charge is 0.420 e. The van der Waals surface area contributed by atoms with Crippen molar-refractivity contribution in [1.82, 2.24) is 0 Å². The van der Waals surface area contributed by atoms with Gasteiger partial charge in [-0.25, -0.2) is 67.7 Å². The molecule has 0 aromatic heterocycles. The van der Waals surface area contributed by atoms with Crippen LogP contribution in [-0.4, -0.2) is 103 Å². The maximum atomic E-state index is 13.8. The molecule has 37 heteroatoms. The summed E-state index contributed by atoms with van der Waals surface area (Å²) in [7, 11) is -24.7. The number of hydrogen-bond acceptors (Lipinski definition) is 14. The molecule has 0 saturated carbocycles. The molecule has 0 bridgehead atoms. The monoisotopic (exact) mass is 1860 g/mol. The van der Waals surface area contributed by atoms with Gasteiger partial charge in [-0.05, 0) is 154 Å². The van der Waals surface area contributed by atoms with E-state index in [1.165, 1.54) is 50.6 Å². The van der Waals surface area contributed by atoms with Crippen LogP contribution in [0.15, 0.2) is 119 Å². The van der Waals surface area contributed by atoms with Gasteiger partial charge in [0.1, 0.15) is 21.2 Å². The van der Waals surface area contributed by atoms with Crippen LogP contribution in [0.2, 0.25) is 40.2 Å². The van der Waals surface area contributed by atoms with Crippen molar-refractivity contribution in [3.05, 3.63) is 198 Å². The lowest BCUT2D eigenvalue weighted by Crippen LogP contribution is -2.16. The van der Waals surface area contributed by atoms with Gasteiger partial charge in [-0.2, -0.15) is 26.3 Å². The lowest BCUT2D eigenvalue weighted by Gasteiger charge is -2.17. The standard InChI is InChI=1S/C11H14Cl2O2S.C11H12ClF3O2S.C11H15ClO2S.C11H12F4O2S.C10H12Cl2O2S.C10H12ClFO2S.C10H13ClO2S/c1-6(2)8-5-9(12)11(16(4,14)15)10(13)7(8)3;1-6(2)7-4-5-8(18(3,16)17)9(10(7)12)11(13,14)15;1-7(2)9-5-6-10(15(4,13)14)8(3)11(9)12;1-6(2)7-4-5-8(18(3,16)17)9(10(7)12)11(13,14)15;2*1-6(2)7-4-5-8(15(3,13)14)10(12)9(7)11;1-7(2)9-5-4-8(6-10(9)11)14(3,12)13/h5-6H,1-4H3;4-6H,1-3H3;5-7H,1-4H3;4-6H,1-3H3;2*4-6H,1-3H3;4-7H,1-3H3. The minimum absolute atomic E-state index is 0.0257. The Morgan fingerprint density at radius 2 is 0.577 bits per heavy atom. The van der Waals surface area contributed by atoms with Crippen LogP contribution in [0.3, 0.4) is 0 Å². The summed E-state index contributed by atoms with van der Waals surface area (Å²) in [6.45, 7) is 29.7. The van der Waals surface area contributed by atoms with Crippen molar-refractivity contribution >= 4 is 162 Å². The average Bonchev–Trinajstić information content (AvgIpc) is 0.776. The van der Waals surface area contributed by atoms with E-state index in [9.17, 15) is 94.0 Å². The molecule has 7 aromatic rings. The summed E-state index contributed by atoms with van der Waals surface area (Å²) in [4.78, 5) is -1.47. The van der Waals surface area contributed by atoms with Crippen molar-refractivity contribution in [2.24, 2.45) is 0 Å². The van der Waals surface area contributed by atoms with Gasteiger partial charge in [-0.1, -0.05) is 226 Å². The zero-order chi connectivity index (χ0) is 87.6. The summed E-state index contributed by atoms with van der Waals surface area (Å²) in [5.41, 5.74) is 2.95. The Morgan fingerprint density at radius 3 is 0.910 bits per heavy atom. The second-order valence-corrected chi connectivity index (χ2v) is 44.7. The summed E-state index contributed by atoms with van der Waals surface area (Å²) in [6.07, 6.45) is -2.97. The van der Waals surface area contributed by atoms with Gasteiger partial charge in [-0.15, -0.1) is 0 Å². The Hall–Kier alpha value is -4.05. The van der Waals surface area contributed by atoms with Crippen molar-refractivity contribution in [3.63, 3.8) is 0 Å². The smallest absolute Gasteiger partial charge is 0.224 e. The molecule has 0 heterocycles. The fourth-order valence-electron chi connectivity index (χ4n) is 10.1. The summed E-state index contributed by atoms with van der Waals surface area (Å²) in [6, 6.07) is 20.1. The van der Waals surface area contributed by atoms with E-state index in [-0.39, 0.29) is 74.5 Å². The molecule has 0 N–H and O–H groups in total. The highest BCUT2D eigenvalue weighted by atomic mass is 35.5. The molecule has 0 aliphatic carbocycles. The molecule has 0 spiro atoms. The molecule has 624 valence electrons. The summed E-state index contributed by atoms with van der Waals surface area (Å²) < 4.78 is 263. The molecule has 7 aromatic carbocycles. The molecule has 0 atom stereocenters. The van der Waals surface area contributed by atoms with E-state index in [0.29, 0.717) is 49.2 Å². The Labute approximate surface area is 690 Å². The molecule has 0 unspecified atom stereocenters. The fourth-order valence-corrected chi connectivity index (χ4v) is 20.2. The minimum Gasteiger partial charge on any atom is -0.224 e. The summed E-state index contributed by atoms with van der Waals surface area (Å²) >= 11 is 47.5. The molecule has 0 saturated heterocycles. The van der Waals surface area contributed by atoms with Crippen molar-refractivity contribution in [2.75, 3.05) is 43.8 Å². The lowest BCUT2D eigenvalue weighted by molar-refractivity contribution is -0.142. The quantitative estimate of drug-likeness (QED) is 0.0921. The summed E-state index contributed by atoms with van der Waals surface area (Å²) in [5, 5.41) is 1.31. The molecule has 0 aliphatic heterocycles. The predicted octanol–water partition coefficient (Wildman–Crippen LogP) is 23.7. The lowest BCUT2D eigenvalue weighted by atomic mass is 9.98. The number of sulfone groups is 7. The SMILES string of the molecule is CC(C)c1ccc(S(C)(=O)=O)c(C(F)(F)F)c1Cl.CC(C)c1ccc(S(C)(=O)=O)c(C(F)(F)F)c1F.CC(C)c1ccc(S(C)(=O)=O)c(Cl)c1Cl.CC(C)c1ccc(S(C)(=O)=O)c(F)c1Cl.CC(C)c1ccc(S(C)(=O)=O)cc1Cl.Cc1c(C(C)C)cc(Cl)c(S(C)(=O)=O)c1Cl.Cc1c(S(C)(=O)=O)ccc(C(C)C)c1Cl. The zero-order valence-electron chi connectivity index (χ0n) is 64.7. The van der Waals surface area contributed by atoms with Crippen LogP contribution in [0, 0.1) is 25.5 Å². The van der Waals surface area contributed by atoms with Crippen molar-refractivity contribution in [2.45, 2.75) is 199 Å². The second kappa shape index (κ2) is 40.9. The van der Waals surface area contributed by atoms with Gasteiger partial charge >= 0.3 is 12.4 Å². The van der Waals surface area contributed by atoms with Crippen molar-refractivity contribution < 1.29 is 94.0 Å². The predicted molar refractivity (Wildman–Crippen MR) is 435 cm³/mol. The first-order valence-corrected chi connectivity index (χ1v) is 49.1. The Bertz CT molecular complexity index is 5070. The Morgan fingerprint density at radius 1 is 0.270 bits per heavy atom. The first kappa shape index (κ1) is 105. The number of rotatable bonds is 14. The maximum absolute atomic E-state index is 13.8. The van der Waals surface area contributed by atoms with Crippen LogP contribution in [0.1, 0.15) is 200 Å². The van der Waals surface area contributed by atoms with E-state index >= 15 is 0 Å². The van der Waals surface area contributed by atoms with Crippen LogP contribution in [0.25, 0.3) is 0 Å². The first-order chi connectivity index (χ1) is 49.6. The highest BCUT2D eigenvalue weighted by Crippen LogP contribution is 2.44. The summed E-state index contributed by atoms with van der Waals surface area (Å²) in [5.74, 6) is -1.95. The van der Waals surface area contributed by atoms with Gasteiger partial charge in [0.05, 0.1) is 60.2 Å². The van der Waals surface area contributed by atoms with Gasteiger partial charge in [0.15, 0.2) is 74.7 Å². The Balaban J connectivity index is 0.000000649. The highest BCUT2D eigenvalue weighted by molar-refractivity contribution is 7.92. The van der Waals surface area contributed by atoms with Gasteiger partial charge in [0.25, 0.3) is 0 Å². The molecule has 0 aliphatic rings. The molecule has 0 amide bonds. The van der Waals surface area contributed by atoms with E-state index in [0.717, 1.165) is 71.0 Å². The van der Waals surface area contributed by atoms with Crippen LogP contribution >= 0.6 is 92.8 Å². The average molecular weight is 1860 g/mol. The number of halogens is 16. The van der Waals surface area contributed by atoms with E-state index < -0.39 is 125 Å². The van der Waals surface area contributed by atoms with Crippen LogP contribution in [0.5, 0.6) is 0 Å². The third-order valence-electron chi connectivity index (χ3n) is 15.9. The number of hydrogen-bond donors (Lipinski definition) is 0. The van der Waals surface area contributed by atoms with E-state index in [1.807, 2.05) is 76.2 Å². The maximum Gasteiger partial charge on any atom is 0.420 e. The third-order valence-corrected chi connectivity index (χ3v) is 27.6. The van der Waals surface area contributed by atoms with Gasteiger partial charge in [0.2, 0.25) is 0 Å².